The highest BCUT2D eigenvalue weighted by Crippen LogP contribution is 2.36. The number of fused-ring (bicyclic) bond motifs is 1. The van der Waals surface area contributed by atoms with Crippen LogP contribution in [0.15, 0.2) is 24.3 Å². The predicted octanol–water partition coefficient (Wildman–Crippen LogP) is 1.89. The van der Waals surface area contributed by atoms with Crippen molar-refractivity contribution in [1.82, 2.24) is 10.6 Å². The number of aryl methyl sites for hydroxylation is 1. The highest BCUT2D eigenvalue weighted by atomic mass is 32.2. The highest BCUT2D eigenvalue weighted by Gasteiger charge is 2.28. The van der Waals surface area contributed by atoms with Crippen molar-refractivity contribution in [3.05, 3.63) is 35.4 Å². The monoisotopic (exact) mass is 276 g/mol. The minimum Gasteiger partial charge on any atom is -0.352 e. The van der Waals surface area contributed by atoms with E-state index >= 15 is 0 Å². The van der Waals surface area contributed by atoms with Gasteiger partial charge in [0, 0.05) is 6.04 Å². The maximum Gasteiger partial charge on any atom is 0.237 e. The lowest BCUT2D eigenvalue weighted by atomic mass is 10.0. The Morgan fingerprint density at radius 3 is 2.89 bits per heavy atom. The summed E-state index contributed by atoms with van der Waals surface area (Å²) in [5.41, 5.74) is 2.55. The van der Waals surface area contributed by atoms with Crippen molar-refractivity contribution in [3.63, 3.8) is 0 Å². The molecule has 1 unspecified atom stereocenters. The first-order valence-corrected chi connectivity index (χ1v) is 8.10. The molecule has 0 spiro atoms. The molecule has 1 saturated heterocycles. The molecule has 2 aliphatic heterocycles. The molecule has 0 aromatic heterocycles. The molecule has 2 heterocycles. The summed E-state index contributed by atoms with van der Waals surface area (Å²) in [7, 11) is 0. The summed E-state index contributed by atoms with van der Waals surface area (Å²) in [6, 6.07) is 8.71. The van der Waals surface area contributed by atoms with Crippen molar-refractivity contribution >= 4 is 17.7 Å². The zero-order valence-corrected chi connectivity index (χ0v) is 11.8. The van der Waals surface area contributed by atoms with Crippen LogP contribution in [0.5, 0.6) is 0 Å². The molecular formula is C15H20N2OS. The van der Waals surface area contributed by atoms with E-state index in [0.717, 1.165) is 38.1 Å². The lowest BCUT2D eigenvalue weighted by Crippen LogP contribution is -2.44. The number of benzene rings is 1. The number of carbonyl (C=O) groups is 1. The largest absolute Gasteiger partial charge is 0.352 e. The van der Waals surface area contributed by atoms with Crippen LogP contribution >= 0.6 is 11.8 Å². The van der Waals surface area contributed by atoms with Gasteiger partial charge in [0.05, 0.1) is 0 Å². The molecule has 4 heteroatoms. The molecule has 3 rings (SSSR count). The molecular weight excluding hydrogens is 256 g/mol. The Balaban J connectivity index is 1.70. The summed E-state index contributed by atoms with van der Waals surface area (Å²) in [6.45, 7) is 2.03. The summed E-state index contributed by atoms with van der Waals surface area (Å²) in [5.74, 6) is 1.24. The second-order valence-corrected chi connectivity index (χ2v) is 6.45. The van der Waals surface area contributed by atoms with Crippen molar-refractivity contribution in [2.45, 2.75) is 30.6 Å². The number of hydrogen-bond donors (Lipinski definition) is 2. The number of nitrogens with one attached hydrogen (secondary N) is 2. The molecule has 1 fully saturated rings. The normalized spacial score (nSPS) is 23.7. The van der Waals surface area contributed by atoms with Crippen LogP contribution in [0.1, 0.15) is 29.2 Å². The van der Waals surface area contributed by atoms with Gasteiger partial charge in [0.25, 0.3) is 0 Å². The fourth-order valence-corrected chi connectivity index (χ4v) is 4.06. The summed E-state index contributed by atoms with van der Waals surface area (Å²) in [5, 5.41) is 6.54. The first-order valence-electron chi connectivity index (χ1n) is 7.05. The first kappa shape index (κ1) is 13.0. The Labute approximate surface area is 118 Å². The third-order valence-electron chi connectivity index (χ3n) is 3.92. The van der Waals surface area contributed by atoms with Crippen LogP contribution in [0, 0.1) is 0 Å². The van der Waals surface area contributed by atoms with Crippen LogP contribution in [-0.4, -0.2) is 30.8 Å². The van der Waals surface area contributed by atoms with E-state index in [9.17, 15) is 4.79 Å². The smallest absolute Gasteiger partial charge is 0.237 e. The number of hydrogen-bond acceptors (Lipinski definition) is 3. The summed E-state index contributed by atoms with van der Waals surface area (Å²) < 4.78 is 0. The van der Waals surface area contributed by atoms with E-state index in [0.29, 0.717) is 6.04 Å². The topological polar surface area (TPSA) is 41.1 Å². The van der Waals surface area contributed by atoms with Crippen molar-refractivity contribution in [2.24, 2.45) is 0 Å². The fourth-order valence-electron chi connectivity index (χ4n) is 2.85. The van der Waals surface area contributed by atoms with E-state index in [2.05, 4.69) is 28.8 Å². The molecule has 0 saturated carbocycles. The minimum absolute atomic E-state index is 0.0140. The zero-order chi connectivity index (χ0) is 13.1. The minimum atomic E-state index is -0.0140. The predicted molar refractivity (Wildman–Crippen MR) is 79.4 cm³/mol. The SMILES string of the molecule is O=C(NC1CCNCC1)C1SCCc2ccccc21. The van der Waals surface area contributed by atoms with Gasteiger partial charge in [-0.25, -0.2) is 0 Å². The Hall–Kier alpha value is -1.00. The quantitative estimate of drug-likeness (QED) is 0.866. The van der Waals surface area contributed by atoms with Gasteiger partial charge in [-0.05, 0) is 49.2 Å². The molecule has 2 N–H and O–H groups in total. The molecule has 1 aromatic rings. The third kappa shape index (κ3) is 2.95. The Bertz CT molecular complexity index is 457. The summed E-state index contributed by atoms with van der Waals surface area (Å²) in [6.07, 6.45) is 3.17. The van der Waals surface area contributed by atoms with E-state index in [1.807, 2.05) is 6.07 Å². The Morgan fingerprint density at radius 2 is 2.05 bits per heavy atom. The maximum absolute atomic E-state index is 12.5. The Morgan fingerprint density at radius 1 is 1.26 bits per heavy atom. The van der Waals surface area contributed by atoms with Crippen molar-refractivity contribution in [2.75, 3.05) is 18.8 Å². The van der Waals surface area contributed by atoms with Gasteiger partial charge in [-0.3, -0.25) is 4.79 Å². The van der Waals surface area contributed by atoms with Crippen molar-refractivity contribution < 1.29 is 4.79 Å². The number of carbonyl (C=O) groups excluding carboxylic acids is 1. The molecule has 19 heavy (non-hydrogen) atoms. The highest BCUT2D eigenvalue weighted by molar-refractivity contribution is 8.00. The molecule has 3 nitrogen and oxygen atoms in total. The number of amides is 1. The van der Waals surface area contributed by atoms with Crippen LogP contribution in [-0.2, 0) is 11.2 Å². The van der Waals surface area contributed by atoms with E-state index < -0.39 is 0 Å². The average Bonchev–Trinajstić information content (AvgIpc) is 2.47. The average molecular weight is 276 g/mol. The van der Waals surface area contributed by atoms with Gasteiger partial charge >= 0.3 is 0 Å². The van der Waals surface area contributed by atoms with Crippen LogP contribution < -0.4 is 10.6 Å². The molecule has 0 radical (unpaired) electrons. The fraction of sp³-hybridized carbons (Fsp3) is 0.533. The third-order valence-corrected chi connectivity index (χ3v) is 5.16. The van der Waals surface area contributed by atoms with Crippen LogP contribution in [0.4, 0.5) is 0 Å². The lowest BCUT2D eigenvalue weighted by Gasteiger charge is -2.28. The van der Waals surface area contributed by atoms with E-state index in [4.69, 9.17) is 0 Å². The van der Waals surface area contributed by atoms with E-state index in [1.54, 1.807) is 11.8 Å². The maximum atomic E-state index is 12.5. The first-order chi connectivity index (χ1) is 9.34. The van der Waals surface area contributed by atoms with Crippen LogP contribution in [0.25, 0.3) is 0 Å². The molecule has 1 atom stereocenters. The van der Waals surface area contributed by atoms with Crippen molar-refractivity contribution in [1.29, 1.82) is 0 Å². The van der Waals surface area contributed by atoms with Gasteiger partial charge in [0.15, 0.2) is 0 Å². The summed E-state index contributed by atoms with van der Waals surface area (Å²) in [4.78, 5) is 12.5. The second-order valence-electron chi connectivity index (χ2n) is 5.23. The van der Waals surface area contributed by atoms with Gasteiger partial charge in [0.1, 0.15) is 5.25 Å². The standard InChI is InChI=1S/C15H20N2OS/c18-15(17-12-5-8-16-9-6-12)14-13-4-2-1-3-11(13)7-10-19-14/h1-4,12,14,16H,5-10H2,(H,17,18). The van der Waals surface area contributed by atoms with Gasteiger partial charge in [-0.15, -0.1) is 11.8 Å². The zero-order valence-electron chi connectivity index (χ0n) is 11.0. The van der Waals surface area contributed by atoms with E-state index in [-0.39, 0.29) is 11.2 Å². The number of piperidine rings is 1. The number of thioether (sulfide) groups is 1. The second kappa shape index (κ2) is 5.97. The summed E-state index contributed by atoms with van der Waals surface area (Å²) >= 11 is 1.77. The molecule has 1 amide bonds. The van der Waals surface area contributed by atoms with Gasteiger partial charge < -0.3 is 10.6 Å². The van der Waals surface area contributed by atoms with Gasteiger partial charge in [-0.1, -0.05) is 24.3 Å². The molecule has 0 bridgehead atoms. The molecule has 102 valence electrons. The lowest BCUT2D eigenvalue weighted by molar-refractivity contribution is -0.121. The van der Waals surface area contributed by atoms with Gasteiger partial charge in [0.2, 0.25) is 5.91 Å². The molecule has 2 aliphatic rings. The van der Waals surface area contributed by atoms with Crippen LogP contribution in [0.2, 0.25) is 0 Å². The molecule has 1 aromatic carbocycles. The number of rotatable bonds is 2. The van der Waals surface area contributed by atoms with Crippen molar-refractivity contribution in [3.8, 4) is 0 Å². The van der Waals surface area contributed by atoms with E-state index in [1.165, 1.54) is 11.1 Å². The van der Waals surface area contributed by atoms with Crippen LogP contribution in [0.3, 0.4) is 0 Å². The van der Waals surface area contributed by atoms with Gasteiger partial charge in [-0.2, -0.15) is 0 Å². The molecule has 0 aliphatic carbocycles. The Kier molecular flexibility index (Phi) is 4.09.